The fourth-order valence-corrected chi connectivity index (χ4v) is 2.81. The van der Waals surface area contributed by atoms with Crippen molar-refractivity contribution in [1.29, 1.82) is 0 Å². The number of nitrogens with zero attached hydrogens (tertiary/aromatic N) is 2. The lowest BCUT2D eigenvalue weighted by atomic mass is 10.2. The van der Waals surface area contributed by atoms with Crippen LogP contribution in [0.25, 0.3) is 0 Å². The number of hydrogen-bond acceptors (Lipinski definition) is 4. The number of amides is 1. The van der Waals surface area contributed by atoms with Gasteiger partial charge in [0.05, 0.1) is 5.56 Å². The summed E-state index contributed by atoms with van der Waals surface area (Å²) in [5, 5.41) is 2.95. The van der Waals surface area contributed by atoms with E-state index in [1.54, 1.807) is 18.2 Å². The fourth-order valence-electron chi connectivity index (χ4n) is 2.39. The zero-order valence-electron chi connectivity index (χ0n) is 12.4. The summed E-state index contributed by atoms with van der Waals surface area (Å²) in [6.45, 7) is 6.21. The second-order valence-corrected chi connectivity index (χ2v) is 6.35. The van der Waals surface area contributed by atoms with Gasteiger partial charge in [-0.2, -0.15) is 0 Å². The third kappa shape index (κ3) is 4.98. The van der Waals surface area contributed by atoms with Crippen LogP contribution in [0.5, 0.6) is 0 Å². The van der Waals surface area contributed by atoms with Crippen LogP contribution >= 0.6 is 15.9 Å². The maximum Gasteiger partial charge on any atom is 0.252 e. The molecule has 0 aromatic heterocycles. The van der Waals surface area contributed by atoms with E-state index < -0.39 is 0 Å². The smallest absolute Gasteiger partial charge is 0.252 e. The molecule has 21 heavy (non-hydrogen) atoms. The Bertz CT molecular complexity index is 487. The number of nitrogens with one attached hydrogen (secondary N) is 1. The lowest BCUT2D eigenvalue weighted by Crippen LogP contribution is -2.45. The zero-order chi connectivity index (χ0) is 15.2. The number of hydrogen-bond donors (Lipinski definition) is 2. The summed E-state index contributed by atoms with van der Waals surface area (Å²) < 4.78 is 0.772. The number of rotatable bonds is 5. The Balaban J connectivity index is 1.71. The standard InChI is InChI=1S/C15H23BrN4O/c1-19-7-9-20(10-8-19)6-2-5-18-15(21)13-11-12(17)3-4-14(13)16/h3-4,11H,2,5-10,17H2,1H3,(H,18,21). The summed E-state index contributed by atoms with van der Waals surface area (Å²) in [7, 11) is 2.15. The molecule has 2 rings (SSSR count). The molecule has 1 fully saturated rings. The Kier molecular flexibility index (Phi) is 6.02. The van der Waals surface area contributed by atoms with Crippen molar-refractivity contribution in [2.24, 2.45) is 0 Å². The molecule has 0 aliphatic carbocycles. The van der Waals surface area contributed by atoms with Gasteiger partial charge in [-0.1, -0.05) is 0 Å². The Hall–Kier alpha value is -1.11. The van der Waals surface area contributed by atoms with Gasteiger partial charge in [-0.3, -0.25) is 4.79 Å². The van der Waals surface area contributed by atoms with Gasteiger partial charge in [0, 0.05) is 42.9 Å². The minimum absolute atomic E-state index is 0.0763. The third-order valence-electron chi connectivity index (χ3n) is 3.77. The van der Waals surface area contributed by atoms with E-state index in [-0.39, 0.29) is 5.91 Å². The molecule has 0 bridgehead atoms. The first-order valence-electron chi connectivity index (χ1n) is 7.30. The van der Waals surface area contributed by atoms with Crippen molar-refractivity contribution < 1.29 is 4.79 Å². The summed E-state index contributed by atoms with van der Waals surface area (Å²) in [6, 6.07) is 5.27. The molecule has 0 radical (unpaired) electrons. The summed E-state index contributed by atoms with van der Waals surface area (Å²) in [4.78, 5) is 16.9. The van der Waals surface area contributed by atoms with Crippen molar-refractivity contribution >= 4 is 27.5 Å². The SMILES string of the molecule is CN1CCN(CCCNC(=O)c2cc(N)ccc2Br)CC1. The first-order chi connectivity index (χ1) is 10.1. The zero-order valence-corrected chi connectivity index (χ0v) is 14.0. The molecular weight excluding hydrogens is 332 g/mol. The molecule has 1 heterocycles. The van der Waals surface area contributed by atoms with Crippen LogP contribution in [0.1, 0.15) is 16.8 Å². The highest BCUT2D eigenvalue weighted by Crippen LogP contribution is 2.19. The molecule has 1 aromatic rings. The molecule has 1 amide bonds. The largest absolute Gasteiger partial charge is 0.399 e. The van der Waals surface area contributed by atoms with E-state index in [9.17, 15) is 4.79 Å². The summed E-state index contributed by atoms with van der Waals surface area (Å²) in [6.07, 6.45) is 0.968. The number of benzene rings is 1. The van der Waals surface area contributed by atoms with Gasteiger partial charge in [0.2, 0.25) is 0 Å². The summed E-state index contributed by atoms with van der Waals surface area (Å²) in [5.41, 5.74) is 6.91. The van der Waals surface area contributed by atoms with Gasteiger partial charge in [-0.15, -0.1) is 0 Å². The highest BCUT2D eigenvalue weighted by Gasteiger charge is 2.13. The fraction of sp³-hybridized carbons (Fsp3) is 0.533. The number of likely N-dealkylation sites (N-methyl/N-ethyl adjacent to an activating group) is 1. The van der Waals surface area contributed by atoms with Crippen molar-refractivity contribution in [1.82, 2.24) is 15.1 Å². The van der Waals surface area contributed by atoms with E-state index in [2.05, 4.69) is 38.1 Å². The normalized spacial score (nSPS) is 16.9. The van der Waals surface area contributed by atoms with Crippen molar-refractivity contribution in [3.05, 3.63) is 28.2 Å². The molecule has 1 aromatic carbocycles. The maximum atomic E-state index is 12.1. The van der Waals surface area contributed by atoms with Gasteiger partial charge in [-0.05, 0) is 54.1 Å². The molecule has 1 aliphatic rings. The summed E-state index contributed by atoms with van der Waals surface area (Å²) in [5.74, 6) is -0.0763. The highest BCUT2D eigenvalue weighted by atomic mass is 79.9. The van der Waals surface area contributed by atoms with Crippen molar-refractivity contribution in [2.75, 3.05) is 52.0 Å². The summed E-state index contributed by atoms with van der Waals surface area (Å²) >= 11 is 3.38. The predicted octanol–water partition coefficient (Wildman–Crippen LogP) is 1.40. The molecule has 5 nitrogen and oxygen atoms in total. The van der Waals surface area contributed by atoms with Crippen LogP contribution in [0.4, 0.5) is 5.69 Å². The van der Waals surface area contributed by atoms with Gasteiger partial charge in [0.1, 0.15) is 0 Å². The van der Waals surface area contributed by atoms with Crippen molar-refractivity contribution in [3.8, 4) is 0 Å². The number of nitrogens with two attached hydrogens (primary N) is 1. The Morgan fingerprint density at radius 3 is 2.76 bits per heavy atom. The van der Waals surface area contributed by atoms with Crippen LogP contribution in [-0.2, 0) is 0 Å². The van der Waals surface area contributed by atoms with Crippen LogP contribution in [0.2, 0.25) is 0 Å². The van der Waals surface area contributed by atoms with Crippen LogP contribution < -0.4 is 11.1 Å². The van der Waals surface area contributed by atoms with E-state index >= 15 is 0 Å². The van der Waals surface area contributed by atoms with Gasteiger partial charge in [0.15, 0.2) is 0 Å². The number of anilines is 1. The minimum atomic E-state index is -0.0763. The Morgan fingerprint density at radius 2 is 2.05 bits per heavy atom. The average Bonchev–Trinajstić information content (AvgIpc) is 2.47. The molecule has 3 N–H and O–H groups in total. The second-order valence-electron chi connectivity index (χ2n) is 5.49. The third-order valence-corrected chi connectivity index (χ3v) is 4.46. The molecular formula is C15H23BrN4O. The highest BCUT2D eigenvalue weighted by molar-refractivity contribution is 9.10. The van der Waals surface area contributed by atoms with Crippen LogP contribution in [-0.4, -0.2) is 62.0 Å². The van der Waals surface area contributed by atoms with Gasteiger partial charge >= 0.3 is 0 Å². The van der Waals surface area contributed by atoms with Crippen LogP contribution in [0.3, 0.4) is 0 Å². The minimum Gasteiger partial charge on any atom is -0.399 e. The van der Waals surface area contributed by atoms with E-state index in [1.807, 2.05) is 0 Å². The molecule has 116 valence electrons. The van der Waals surface area contributed by atoms with Crippen molar-refractivity contribution in [3.63, 3.8) is 0 Å². The topological polar surface area (TPSA) is 61.6 Å². The van der Waals surface area contributed by atoms with Gasteiger partial charge in [-0.25, -0.2) is 0 Å². The van der Waals surface area contributed by atoms with Crippen LogP contribution in [0, 0.1) is 0 Å². The predicted molar refractivity (Wildman–Crippen MR) is 89.4 cm³/mol. The average molecular weight is 355 g/mol. The van der Waals surface area contributed by atoms with Crippen LogP contribution in [0.15, 0.2) is 22.7 Å². The number of nitrogen functional groups attached to an aromatic ring is 1. The maximum absolute atomic E-state index is 12.1. The number of carbonyl (C=O) groups is 1. The first kappa shape index (κ1) is 16.3. The molecule has 6 heteroatoms. The number of piperazine rings is 1. The number of halogens is 1. The Morgan fingerprint density at radius 1 is 1.33 bits per heavy atom. The monoisotopic (exact) mass is 354 g/mol. The quantitative estimate of drug-likeness (QED) is 0.619. The lowest BCUT2D eigenvalue weighted by molar-refractivity contribution is 0.0948. The molecule has 0 spiro atoms. The van der Waals surface area contributed by atoms with E-state index in [4.69, 9.17) is 5.73 Å². The molecule has 0 atom stereocenters. The molecule has 1 saturated heterocycles. The van der Waals surface area contributed by atoms with Gasteiger partial charge in [0.25, 0.3) is 5.91 Å². The molecule has 1 aliphatic heterocycles. The van der Waals surface area contributed by atoms with E-state index in [1.165, 1.54) is 0 Å². The van der Waals surface area contributed by atoms with Crippen molar-refractivity contribution in [2.45, 2.75) is 6.42 Å². The second kappa shape index (κ2) is 7.77. The van der Waals surface area contributed by atoms with E-state index in [0.29, 0.717) is 17.8 Å². The number of carbonyl (C=O) groups excluding carboxylic acids is 1. The first-order valence-corrected chi connectivity index (χ1v) is 8.09. The van der Waals surface area contributed by atoms with E-state index in [0.717, 1.165) is 43.6 Å². The molecule has 0 saturated carbocycles. The Labute approximate surface area is 134 Å². The molecule has 0 unspecified atom stereocenters. The van der Waals surface area contributed by atoms with Gasteiger partial charge < -0.3 is 20.9 Å². The lowest BCUT2D eigenvalue weighted by Gasteiger charge is -2.32.